The molecule has 3 aromatic carbocycles. The van der Waals surface area contributed by atoms with Gasteiger partial charge in [-0.2, -0.15) is 0 Å². The number of rotatable bonds is 6. The number of halogens is 4. The highest BCUT2D eigenvalue weighted by Crippen LogP contribution is 2.23. The van der Waals surface area contributed by atoms with Gasteiger partial charge in [-0.3, -0.25) is 9.69 Å². The number of piperazine rings is 1. The van der Waals surface area contributed by atoms with Crippen LogP contribution in [-0.2, 0) is 4.74 Å². The quantitative estimate of drug-likeness (QED) is 0.378. The number of carbonyl (C=O) groups is 2. The lowest BCUT2D eigenvalue weighted by atomic mass is 10.1. The monoisotopic (exact) mass is 486 g/mol. The zero-order valence-corrected chi connectivity index (χ0v) is 18.6. The number of hydrogen-bond donors (Lipinski definition) is 0. The summed E-state index contributed by atoms with van der Waals surface area (Å²) < 4.78 is 60.8. The lowest BCUT2D eigenvalue weighted by molar-refractivity contribution is 0.0134. The van der Waals surface area contributed by atoms with E-state index in [0.29, 0.717) is 18.7 Å². The first kappa shape index (κ1) is 24.4. The average molecular weight is 486 g/mol. The Labute approximate surface area is 199 Å². The van der Waals surface area contributed by atoms with Crippen molar-refractivity contribution in [1.29, 1.82) is 0 Å². The van der Waals surface area contributed by atoms with Gasteiger partial charge in [0, 0.05) is 32.7 Å². The molecule has 0 spiro atoms. The molecule has 1 aliphatic rings. The molecule has 1 amide bonds. The fourth-order valence-electron chi connectivity index (χ4n) is 3.94. The molecule has 0 aromatic heterocycles. The Hall–Kier alpha value is -3.72. The smallest absolute Gasteiger partial charge is 0.341 e. The maximum absolute atomic E-state index is 14.1. The third-order valence-electron chi connectivity index (χ3n) is 5.86. The molecule has 9 heteroatoms. The summed E-state index contributed by atoms with van der Waals surface area (Å²) in [5.74, 6) is -6.29. The van der Waals surface area contributed by atoms with E-state index in [1.165, 1.54) is 23.1 Å². The summed E-state index contributed by atoms with van der Waals surface area (Å²) in [6.45, 7) is 1.52. The van der Waals surface area contributed by atoms with Gasteiger partial charge >= 0.3 is 5.97 Å². The Kier molecular flexibility index (Phi) is 7.45. The van der Waals surface area contributed by atoms with Crippen LogP contribution in [0.5, 0.6) is 0 Å². The SMILES string of the molecule is O=C(OC(CN1CCN(C(=O)c2cccc(F)c2F)CC1)c1ccccc1)c1cccc(F)c1F. The Morgan fingerprint density at radius 1 is 0.743 bits per heavy atom. The van der Waals surface area contributed by atoms with E-state index in [-0.39, 0.29) is 25.2 Å². The summed E-state index contributed by atoms with van der Waals surface area (Å²) in [4.78, 5) is 28.7. The van der Waals surface area contributed by atoms with E-state index >= 15 is 0 Å². The Morgan fingerprint density at radius 3 is 1.94 bits per heavy atom. The molecule has 1 aliphatic heterocycles. The fraction of sp³-hybridized carbons (Fsp3) is 0.231. The van der Waals surface area contributed by atoms with Gasteiger partial charge in [0.15, 0.2) is 23.3 Å². The van der Waals surface area contributed by atoms with Crippen molar-refractivity contribution in [3.63, 3.8) is 0 Å². The molecule has 1 heterocycles. The van der Waals surface area contributed by atoms with Crippen LogP contribution in [0.1, 0.15) is 32.4 Å². The van der Waals surface area contributed by atoms with E-state index in [1.807, 2.05) is 4.90 Å². The third kappa shape index (κ3) is 5.51. The number of hydrogen-bond acceptors (Lipinski definition) is 4. The predicted octanol–water partition coefficient (Wildman–Crippen LogP) is 4.60. The van der Waals surface area contributed by atoms with Crippen LogP contribution in [0.4, 0.5) is 17.6 Å². The largest absolute Gasteiger partial charge is 0.452 e. The summed E-state index contributed by atoms with van der Waals surface area (Å²) >= 11 is 0. The minimum atomic E-state index is -1.28. The molecule has 0 saturated carbocycles. The molecule has 3 aromatic rings. The van der Waals surface area contributed by atoms with Crippen LogP contribution < -0.4 is 0 Å². The molecule has 1 unspecified atom stereocenters. The van der Waals surface area contributed by atoms with E-state index in [0.717, 1.165) is 18.2 Å². The summed E-state index contributed by atoms with van der Waals surface area (Å²) in [5, 5.41) is 0. The molecule has 0 bridgehead atoms. The van der Waals surface area contributed by atoms with Crippen molar-refractivity contribution in [2.75, 3.05) is 32.7 Å². The first-order valence-electron chi connectivity index (χ1n) is 11.0. The van der Waals surface area contributed by atoms with Crippen molar-refractivity contribution in [2.45, 2.75) is 6.10 Å². The maximum Gasteiger partial charge on any atom is 0.341 e. The van der Waals surface area contributed by atoms with Gasteiger partial charge in [-0.05, 0) is 29.8 Å². The van der Waals surface area contributed by atoms with E-state index in [1.54, 1.807) is 30.3 Å². The summed E-state index contributed by atoms with van der Waals surface area (Å²) in [7, 11) is 0. The molecule has 1 saturated heterocycles. The second-order valence-electron chi connectivity index (χ2n) is 8.10. The maximum atomic E-state index is 14.1. The van der Waals surface area contributed by atoms with Gasteiger partial charge < -0.3 is 9.64 Å². The number of amides is 1. The molecule has 1 fully saturated rings. The fourth-order valence-corrected chi connectivity index (χ4v) is 3.94. The van der Waals surface area contributed by atoms with Crippen LogP contribution in [-0.4, -0.2) is 54.4 Å². The second-order valence-corrected chi connectivity index (χ2v) is 8.10. The highest BCUT2D eigenvalue weighted by molar-refractivity contribution is 5.94. The number of nitrogens with zero attached hydrogens (tertiary/aromatic N) is 2. The van der Waals surface area contributed by atoms with Gasteiger partial charge in [-0.15, -0.1) is 0 Å². The Morgan fingerprint density at radius 2 is 1.31 bits per heavy atom. The standard InChI is InChI=1S/C26H22F4N2O3/c27-20-10-4-8-18(23(20)29)25(33)32-14-12-31(13-15-32)16-22(17-6-2-1-3-7-17)35-26(34)19-9-5-11-21(28)24(19)30/h1-11,22H,12-16H2. The van der Waals surface area contributed by atoms with Crippen LogP contribution in [0.25, 0.3) is 0 Å². The molecule has 5 nitrogen and oxygen atoms in total. The molecular weight excluding hydrogens is 464 g/mol. The molecule has 0 N–H and O–H groups in total. The lowest BCUT2D eigenvalue weighted by Crippen LogP contribution is -2.50. The third-order valence-corrected chi connectivity index (χ3v) is 5.86. The highest BCUT2D eigenvalue weighted by Gasteiger charge is 2.28. The zero-order valence-electron chi connectivity index (χ0n) is 18.6. The van der Waals surface area contributed by atoms with Crippen LogP contribution >= 0.6 is 0 Å². The number of benzene rings is 3. The summed E-state index contributed by atoms with van der Waals surface area (Å²) in [5.41, 5.74) is -0.164. The normalized spacial score (nSPS) is 15.0. The van der Waals surface area contributed by atoms with Gasteiger partial charge in [0.05, 0.1) is 11.1 Å². The van der Waals surface area contributed by atoms with Crippen molar-refractivity contribution in [1.82, 2.24) is 9.80 Å². The lowest BCUT2D eigenvalue weighted by Gasteiger charge is -2.36. The molecule has 0 aliphatic carbocycles. The second kappa shape index (κ2) is 10.7. The van der Waals surface area contributed by atoms with Gasteiger partial charge in [0.1, 0.15) is 6.10 Å². The summed E-state index contributed by atoms with van der Waals surface area (Å²) in [6, 6.07) is 15.6. The Balaban J connectivity index is 1.44. The number of esters is 1. The minimum absolute atomic E-state index is 0.239. The molecule has 1 atom stereocenters. The predicted molar refractivity (Wildman–Crippen MR) is 120 cm³/mol. The van der Waals surface area contributed by atoms with Gasteiger partial charge in [0.25, 0.3) is 5.91 Å². The van der Waals surface area contributed by atoms with Crippen LogP contribution in [0.2, 0.25) is 0 Å². The van der Waals surface area contributed by atoms with Crippen LogP contribution in [0, 0.1) is 23.3 Å². The minimum Gasteiger partial charge on any atom is -0.452 e. The van der Waals surface area contributed by atoms with Crippen molar-refractivity contribution in [3.05, 3.63) is 107 Å². The molecule has 35 heavy (non-hydrogen) atoms. The first-order valence-corrected chi connectivity index (χ1v) is 11.0. The topological polar surface area (TPSA) is 49.9 Å². The molecular formula is C26H22F4N2O3. The number of carbonyl (C=O) groups excluding carboxylic acids is 2. The molecule has 4 rings (SSSR count). The van der Waals surface area contributed by atoms with Crippen molar-refractivity contribution in [3.8, 4) is 0 Å². The average Bonchev–Trinajstić information content (AvgIpc) is 2.87. The van der Waals surface area contributed by atoms with E-state index in [9.17, 15) is 27.2 Å². The highest BCUT2D eigenvalue weighted by atomic mass is 19.2. The number of ether oxygens (including phenoxy) is 1. The van der Waals surface area contributed by atoms with Crippen molar-refractivity contribution >= 4 is 11.9 Å². The molecule has 0 radical (unpaired) electrons. The van der Waals surface area contributed by atoms with Crippen molar-refractivity contribution < 1.29 is 31.9 Å². The van der Waals surface area contributed by atoms with Crippen molar-refractivity contribution in [2.24, 2.45) is 0 Å². The van der Waals surface area contributed by atoms with E-state index in [4.69, 9.17) is 4.74 Å². The van der Waals surface area contributed by atoms with Gasteiger partial charge in [-0.1, -0.05) is 42.5 Å². The first-order chi connectivity index (χ1) is 16.8. The van der Waals surface area contributed by atoms with E-state index in [2.05, 4.69) is 0 Å². The van der Waals surface area contributed by atoms with Crippen LogP contribution in [0.15, 0.2) is 66.7 Å². The molecule has 182 valence electrons. The Bertz CT molecular complexity index is 1210. The zero-order chi connectivity index (χ0) is 24.9. The van der Waals surface area contributed by atoms with Crippen LogP contribution in [0.3, 0.4) is 0 Å². The van der Waals surface area contributed by atoms with Gasteiger partial charge in [-0.25, -0.2) is 22.4 Å². The summed E-state index contributed by atoms with van der Waals surface area (Å²) in [6.07, 6.45) is -0.783. The van der Waals surface area contributed by atoms with Gasteiger partial charge in [0.2, 0.25) is 0 Å². The van der Waals surface area contributed by atoms with E-state index < -0.39 is 46.8 Å².